The second-order valence-corrected chi connectivity index (χ2v) is 5.09. The van der Waals surface area contributed by atoms with Gasteiger partial charge >= 0.3 is 0 Å². The van der Waals surface area contributed by atoms with Gasteiger partial charge in [0.2, 0.25) is 5.91 Å². The van der Waals surface area contributed by atoms with E-state index in [0.717, 1.165) is 38.5 Å². The van der Waals surface area contributed by atoms with Crippen LogP contribution in [0.4, 0.5) is 0 Å². The molecule has 1 aliphatic heterocycles. The smallest absolute Gasteiger partial charge is 0.235 e. The van der Waals surface area contributed by atoms with Crippen LogP contribution in [0.1, 0.15) is 39.5 Å². The van der Waals surface area contributed by atoms with E-state index >= 15 is 0 Å². The molecule has 1 fully saturated rings. The summed E-state index contributed by atoms with van der Waals surface area (Å²) >= 11 is 0. The number of primary amides is 1. The van der Waals surface area contributed by atoms with Crippen LogP contribution in [0, 0.1) is 5.92 Å². The lowest BCUT2D eigenvalue weighted by molar-refractivity contribution is -0.120. The Bertz CT molecular complexity index is 233. The summed E-state index contributed by atoms with van der Waals surface area (Å²) < 4.78 is 0. The Morgan fingerprint density at radius 1 is 1.53 bits per heavy atom. The van der Waals surface area contributed by atoms with Gasteiger partial charge in [-0.1, -0.05) is 20.3 Å². The van der Waals surface area contributed by atoms with Crippen LogP contribution in [0.25, 0.3) is 0 Å². The van der Waals surface area contributed by atoms with Crippen molar-refractivity contribution in [2.45, 2.75) is 45.6 Å². The highest BCUT2D eigenvalue weighted by Crippen LogP contribution is 2.19. The fourth-order valence-corrected chi connectivity index (χ4v) is 2.48. The van der Waals surface area contributed by atoms with E-state index in [4.69, 9.17) is 5.73 Å². The van der Waals surface area contributed by atoms with Crippen molar-refractivity contribution in [2.24, 2.45) is 11.7 Å². The Morgan fingerprint density at radius 3 is 2.88 bits per heavy atom. The van der Waals surface area contributed by atoms with Crippen molar-refractivity contribution < 1.29 is 4.79 Å². The van der Waals surface area contributed by atoms with Crippen LogP contribution in [-0.2, 0) is 4.79 Å². The van der Waals surface area contributed by atoms with Crippen molar-refractivity contribution in [1.82, 2.24) is 10.2 Å². The lowest BCUT2D eigenvalue weighted by Gasteiger charge is -2.34. The molecule has 0 radical (unpaired) electrons. The van der Waals surface area contributed by atoms with Gasteiger partial charge in [-0.25, -0.2) is 0 Å². The largest absolute Gasteiger partial charge is 0.368 e. The number of nitrogens with one attached hydrogen (secondary N) is 1. The predicted octanol–water partition coefficient (Wildman–Crippen LogP) is 0.962. The van der Waals surface area contributed by atoms with E-state index in [1.165, 1.54) is 19.3 Å². The maximum atomic E-state index is 11.4. The van der Waals surface area contributed by atoms with Gasteiger partial charge in [0.15, 0.2) is 0 Å². The van der Waals surface area contributed by atoms with E-state index in [9.17, 15) is 4.79 Å². The molecule has 0 aromatic carbocycles. The molecule has 17 heavy (non-hydrogen) atoms. The first-order valence-electron chi connectivity index (χ1n) is 6.92. The number of carbonyl (C=O) groups is 1. The average molecular weight is 241 g/mol. The number of piperidine rings is 1. The fourth-order valence-electron chi connectivity index (χ4n) is 2.48. The summed E-state index contributed by atoms with van der Waals surface area (Å²) in [6, 6.07) is -0.189. The molecule has 2 atom stereocenters. The maximum Gasteiger partial charge on any atom is 0.235 e. The third kappa shape index (κ3) is 5.04. The summed E-state index contributed by atoms with van der Waals surface area (Å²) in [5.74, 6) is 0.570. The average Bonchev–Trinajstić information content (AvgIpc) is 2.34. The molecule has 4 nitrogen and oxygen atoms in total. The molecule has 100 valence electrons. The van der Waals surface area contributed by atoms with Crippen LogP contribution < -0.4 is 11.1 Å². The van der Waals surface area contributed by atoms with Crippen LogP contribution in [0.15, 0.2) is 0 Å². The van der Waals surface area contributed by atoms with Gasteiger partial charge in [-0.3, -0.25) is 4.79 Å². The molecule has 0 aromatic heterocycles. The number of hydrogen-bond acceptors (Lipinski definition) is 3. The topological polar surface area (TPSA) is 58.4 Å². The Kier molecular flexibility index (Phi) is 6.52. The van der Waals surface area contributed by atoms with Gasteiger partial charge in [0.1, 0.15) is 0 Å². The van der Waals surface area contributed by atoms with E-state index in [2.05, 4.69) is 24.1 Å². The summed E-state index contributed by atoms with van der Waals surface area (Å²) in [5, 5.41) is 3.23. The lowest BCUT2D eigenvalue weighted by Crippen LogP contribution is -2.51. The number of nitrogens with two attached hydrogens (primary N) is 1. The molecule has 1 amide bonds. The predicted molar refractivity (Wildman–Crippen MR) is 70.7 cm³/mol. The molecule has 0 spiro atoms. The number of likely N-dealkylation sites (tertiary alicyclic amines) is 1. The zero-order chi connectivity index (χ0) is 12.7. The van der Waals surface area contributed by atoms with Gasteiger partial charge in [-0.15, -0.1) is 0 Å². The Labute approximate surface area is 105 Å². The molecule has 4 heteroatoms. The van der Waals surface area contributed by atoms with Gasteiger partial charge in [-0.2, -0.15) is 0 Å². The van der Waals surface area contributed by atoms with Gasteiger partial charge in [0.05, 0.1) is 6.04 Å². The van der Waals surface area contributed by atoms with Crippen molar-refractivity contribution in [3.8, 4) is 0 Å². The van der Waals surface area contributed by atoms with Crippen LogP contribution >= 0.6 is 0 Å². The summed E-state index contributed by atoms with van der Waals surface area (Å²) in [7, 11) is 0. The van der Waals surface area contributed by atoms with E-state index in [1.54, 1.807) is 0 Å². The van der Waals surface area contributed by atoms with Crippen molar-refractivity contribution >= 4 is 5.91 Å². The van der Waals surface area contributed by atoms with Gasteiger partial charge in [-0.05, 0) is 38.3 Å². The van der Waals surface area contributed by atoms with Gasteiger partial charge < -0.3 is 16.0 Å². The summed E-state index contributed by atoms with van der Waals surface area (Å²) in [5.41, 5.74) is 5.43. The minimum Gasteiger partial charge on any atom is -0.368 e. The third-order valence-electron chi connectivity index (χ3n) is 3.61. The minimum atomic E-state index is -0.225. The molecular weight excluding hydrogens is 214 g/mol. The van der Waals surface area contributed by atoms with Crippen LogP contribution in [0.5, 0.6) is 0 Å². The van der Waals surface area contributed by atoms with E-state index < -0.39 is 0 Å². The first kappa shape index (κ1) is 14.5. The molecule has 3 N–H and O–H groups in total. The molecule has 0 saturated carbocycles. The highest BCUT2D eigenvalue weighted by molar-refractivity contribution is 5.80. The highest BCUT2D eigenvalue weighted by Gasteiger charge is 2.23. The number of rotatable bonds is 7. The SMILES string of the molecule is CCCNC(CN1CCCC(CC)C1)C(N)=O. The van der Waals surface area contributed by atoms with Crippen molar-refractivity contribution in [3.63, 3.8) is 0 Å². The van der Waals surface area contributed by atoms with E-state index in [1.807, 2.05) is 0 Å². The standard InChI is InChI=1S/C13H27N3O/c1-3-7-15-12(13(14)17)10-16-8-5-6-11(4-2)9-16/h11-12,15H,3-10H2,1-2H3,(H2,14,17). The lowest BCUT2D eigenvalue weighted by atomic mass is 9.95. The summed E-state index contributed by atoms with van der Waals surface area (Å²) in [6.07, 6.45) is 4.84. The summed E-state index contributed by atoms with van der Waals surface area (Å²) in [6.45, 7) is 8.20. The molecule has 0 bridgehead atoms. The van der Waals surface area contributed by atoms with E-state index in [0.29, 0.717) is 0 Å². The van der Waals surface area contributed by atoms with Crippen molar-refractivity contribution in [1.29, 1.82) is 0 Å². The van der Waals surface area contributed by atoms with Gasteiger partial charge in [0.25, 0.3) is 0 Å². The number of amides is 1. The number of hydrogen-bond donors (Lipinski definition) is 2. The normalized spacial score (nSPS) is 23.5. The van der Waals surface area contributed by atoms with Crippen molar-refractivity contribution in [3.05, 3.63) is 0 Å². The highest BCUT2D eigenvalue weighted by atomic mass is 16.1. The quantitative estimate of drug-likeness (QED) is 0.698. The zero-order valence-corrected chi connectivity index (χ0v) is 11.2. The molecule has 1 rings (SSSR count). The molecule has 0 aromatic rings. The van der Waals surface area contributed by atoms with Crippen LogP contribution in [0.2, 0.25) is 0 Å². The molecule has 1 saturated heterocycles. The van der Waals surface area contributed by atoms with E-state index in [-0.39, 0.29) is 11.9 Å². The third-order valence-corrected chi connectivity index (χ3v) is 3.61. The second kappa shape index (κ2) is 7.67. The van der Waals surface area contributed by atoms with Crippen LogP contribution in [0.3, 0.4) is 0 Å². The Morgan fingerprint density at radius 2 is 2.29 bits per heavy atom. The fraction of sp³-hybridized carbons (Fsp3) is 0.923. The minimum absolute atomic E-state index is 0.189. The van der Waals surface area contributed by atoms with Crippen LogP contribution in [-0.4, -0.2) is 43.0 Å². The molecular formula is C13H27N3O. The molecule has 0 aliphatic carbocycles. The first-order valence-corrected chi connectivity index (χ1v) is 6.92. The summed E-state index contributed by atoms with van der Waals surface area (Å²) in [4.78, 5) is 13.7. The zero-order valence-electron chi connectivity index (χ0n) is 11.2. The maximum absolute atomic E-state index is 11.4. The molecule has 1 aliphatic rings. The number of carbonyl (C=O) groups excluding carboxylic acids is 1. The first-order chi connectivity index (χ1) is 8.17. The molecule has 2 unspecified atom stereocenters. The van der Waals surface area contributed by atoms with Gasteiger partial charge in [0, 0.05) is 13.1 Å². The van der Waals surface area contributed by atoms with Crippen molar-refractivity contribution in [2.75, 3.05) is 26.2 Å². The Balaban J connectivity index is 2.40. The number of nitrogens with zero attached hydrogens (tertiary/aromatic N) is 1. The second-order valence-electron chi connectivity index (χ2n) is 5.09. The Hall–Kier alpha value is -0.610. The molecule has 1 heterocycles. The monoisotopic (exact) mass is 241 g/mol.